The van der Waals surface area contributed by atoms with Crippen molar-refractivity contribution in [1.29, 1.82) is 0 Å². The van der Waals surface area contributed by atoms with Crippen LogP contribution in [-0.4, -0.2) is 75.1 Å². The van der Waals surface area contributed by atoms with Crippen molar-refractivity contribution in [2.75, 3.05) is 28.2 Å². The van der Waals surface area contributed by atoms with E-state index in [0.717, 1.165) is 5.19 Å². The van der Waals surface area contributed by atoms with Crippen LogP contribution in [0.5, 0.6) is 0 Å². The van der Waals surface area contributed by atoms with Crippen LogP contribution in [0.2, 0.25) is 0 Å². The minimum atomic E-state index is -6.09. The average Bonchev–Trinajstić information content (AvgIpc) is 2.86. The van der Waals surface area contributed by atoms with Crippen LogP contribution in [0.4, 0.5) is 13.2 Å². The predicted molar refractivity (Wildman–Crippen MR) is 100 cm³/mol. The summed E-state index contributed by atoms with van der Waals surface area (Å²) in [4.78, 5) is 0. The van der Waals surface area contributed by atoms with Crippen LogP contribution in [-0.2, 0) is 19.0 Å². The maximum absolute atomic E-state index is 10.7. The van der Waals surface area contributed by atoms with Gasteiger partial charge < -0.3 is 4.55 Å². The summed E-state index contributed by atoms with van der Waals surface area (Å²) in [6.45, 7) is 3.76. The second kappa shape index (κ2) is 6.50. The van der Waals surface area contributed by atoms with E-state index >= 15 is 0 Å². The first kappa shape index (κ1) is 23.3. The average molecular weight is 457 g/mol. The van der Waals surface area contributed by atoms with Crippen LogP contribution in [0.25, 0.3) is 0 Å². The van der Waals surface area contributed by atoms with Crippen LogP contribution in [0.1, 0.15) is 13.8 Å². The SMILES string of the molecule is CC1=N[N+](C)(C)[Si-]2(c3ccccc3)(O1)OC(C)=N[N+]2(C)C.O=S(=O)([O-])C(F)(F)F. The van der Waals surface area contributed by atoms with Crippen molar-refractivity contribution < 1.29 is 43.5 Å². The molecule has 0 fully saturated rings. The molecule has 0 bridgehead atoms. The molecule has 164 valence electrons. The van der Waals surface area contributed by atoms with Gasteiger partial charge >= 0.3 is 131 Å². The Morgan fingerprint density at radius 1 is 0.931 bits per heavy atom. The van der Waals surface area contributed by atoms with Gasteiger partial charge in [-0.3, -0.25) is 0 Å². The molecular weight excluding hydrogens is 433 g/mol. The van der Waals surface area contributed by atoms with E-state index in [0.29, 0.717) is 20.3 Å². The zero-order chi connectivity index (χ0) is 22.5. The van der Waals surface area contributed by atoms with Gasteiger partial charge in [-0.25, -0.2) is 8.42 Å². The van der Waals surface area contributed by atoms with Crippen LogP contribution in [0.15, 0.2) is 40.5 Å². The smallest absolute Gasteiger partial charge is 0.485 e. The number of benzene rings is 1. The zero-order valence-electron chi connectivity index (χ0n) is 16.8. The minimum absolute atomic E-state index is 0.295. The molecular formula is C15H23F3N4O5SSi. The van der Waals surface area contributed by atoms with Gasteiger partial charge in [0.2, 0.25) is 0 Å². The van der Waals surface area contributed by atoms with Gasteiger partial charge in [0, 0.05) is 0 Å². The zero-order valence-corrected chi connectivity index (χ0v) is 18.6. The molecule has 9 nitrogen and oxygen atoms in total. The summed E-state index contributed by atoms with van der Waals surface area (Å²) in [5, 5.41) is 10.5. The molecule has 1 aromatic carbocycles. The molecule has 2 aliphatic heterocycles. The minimum Gasteiger partial charge on any atom is -0.741 e. The maximum atomic E-state index is 10.7. The van der Waals surface area contributed by atoms with E-state index in [2.05, 4.69) is 12.1 Å². The van der Waals surface area contributed by atoms with E-state index in [1.54, 1.807) is 0 Å². The Hall–Kier alpha value is -2.00. The van der Waals surface area contributed by atoms with Crippen molar-refractivity contribution in [2.24, 2.45) is 10.2 Å². The second-order valence-electron chi connectivity index (χ2n) is 7.47. The molecule has 3 rings (SSSR count). The monoisotopic (exact) mass is 456 g/mol. The largest absolute Gasteiger partial charge is 0.741 e. The summed E-state index contributed by atoms with van der Waals surface area (Å²) in [7, 11) is -1.80. The van der Waals surface area contributed by atoms with E-state index in [4.69, 9.17) is 32.0 Å². The Morgan fingerprint density at radius 2 is 1.28 bits per heavy atom. The third-order valence-corrected chi connectivity index (χ3v) is 12.2. The van der Waals surface area contributed by atoms with E-state index in [1.165, 1.54) is 0 Å². The fourth-order valence-electron chi connectivity index (χ4n) is 3.99. The van der Waals surface area contributed by atoms with Crippen molar-refractivity contribution in [1.82, 2.24) is 0 Å². The van der Waals surface area contributed by atoms with Gasteiger partial charge in [0.15, 0.2) is 10.1 Å². The Morgan fingerprint density at radius 3 is 1.52 bits per heavy atom. The first-order valence-electron chi connectivity index (χ1n) is 8.33. The van der Waals surface area contributed by atoms with E-state index in [1.807, 2.05) is 60.2 Å². The number of hydrogen-bond acceptors (Lipinski definition) is 7. The molecule has 1 aromatic rings. The molecule has 0 N–H and O–H groups in total. The molecule has 2 aliphatic rings. The number of hydrogen-bond donors (Lipinski definition) is 0. The molecule has 0 saturated heterocycles. The first-order valence-corrected chi connectivity index (χ1v) is 12.0. The van der Waals surface area contributed by atoms with Crippen LogP contribution in [0, 0.1) is 0 Å². The van der Waals surface area contributed by atoms with Crippen molar-refractivity contribution in [3.63, 3.8) is 0 Å². The standard InChI is InChI=1S/C14H23N4O2Si.CHF3O3S/c1-12-15-17(3,4)21(19-12,14-10-8-7-9-11-14)18(5,6)16-13(2)20-21;2-1(3,4)8(5,6)7/h7-11H,1-6H3;(H,5,6,7)/q+1;/p-1. The third-order valence-electron chi connectivity index (χ3n) is 4.93. The summed E-state index contributed by atoms with van der Waals surface area (Å²) < 4.78 is 72.5. The Labute approximate surface area is 167 Å². The number of alkyl halides is 3. The van der Waals surface area contributed by atoms with Gasteiger partial charge in [0.05, 0.1) is 0 Å². The van der Waals surface area contributed by atoms with Crippen molar-refractivity contribution in [3.8, 4) is 0 Å². The molecule has 2 heterocycles. The normalized spacial score (nSPS) is 24.7. The molecule has 14 heteroatoms. The molecule has 1 spiro atoms. The summed E-state index contributed by atoms with van der Waals surface area (Å²) in [5.74, 6) is 1.29. The molecule has 0 amide bonds. The Bertz CT molecular complexity index is 939. The van der Waals surface area contributed by atoms with Gasteiger partial charge in [-0.2, -0.15) is 13.2 Å². The number of rotatable bonds is 1. The Kier molecular flexibility index (Phi) is 5.22. The molecule has 0 aromatic heterocycles. The fourth-order valence-corrected chi connectivity index (χ4v) is 10.2. The molecule has 0 unspecified atom stereocenters. The van der Waals surface area contributed by atoms with Gasteiger partial charge in [0.1, 0.15) is 0 Å². The topological polar surface area (TPSA) is 100 Å². The summed E-state index contributed by atoms with van der Waals surface area (Å²) in [6, 6.07) is 10.1. The van der Waals surface area contributed by atoms with E-state index < -0.39 is 23.8 Å². The van der Waals surface area contributed by atoms with Crippen LogP contribution < -0.4 is 5.19 Å². The van der Waals surface area contributed by atoms with Gasteiger partial charge in [-0.05, 0) is 0 Å². The van der Waals surface area contributed by atoms with E-state index in [-0.39, 0.29) is 0 Å². The summed E-state index contributed by atoms with van der Waals surface area (Å²) in [6.07, 6.45) is 0. The molecule has 0 atom stereocenters. The molecule has 0 saturated carbocycles. The van der Waals surface area contributed by atoms with Crippen LogP contribution >= 0.6 is 0 Å². The second-order valence-corrected chi connectivity index (χ2v) is 14.0. The van der Waals surface area contributed by atoms with Gasteiger partial charge in [-0.15, -0.1) is 0 Å². The fraction of sp³-hybridized carbons (Fsp3) is 0.467. The summed E-state index contributed by atoms with van der Waals surface area (Å²) >= 11 is 0. The quantitative estimate of drug-likeness (QED) is 0.359. The van der Waals surface area contributed by atoms with Gasteiger partial charge in [0.25, 0.3) is 0 Å². The molecule has 0 radical (unpaired) electrons. The third kappa shape index (κ3) is 3.14. The van der Waals surface area contributed by atoms with Crippen LogP contribution in [0.3, 0.4) is 0 Å². The number of halogens is 3. The summed E-state index contributed by atoms with van der Waals surface area (Å²) in [5.41, 5.74) is -5.65. The first-order chi connectivity index (χ1) is 12.9. The maximum Gasteiger partial charge on any atom is 0.485 e. The molecule has 29 heavy (non-hydrogen) atoms. The number of quaternary nitrogens is 2. The van der Waals surface area contributed by atoms with E-state index in [9.17, 15) is 13.2 Å². The predicted octanol–water partition coefficient (Wildman–Crippen LogP) is 1.21. The van der Waals surface area contributed by atoms with Crippen molar-refractivity contribution >= 4 is 35.3 Å². The molecule has 0 aliphatic carbocycles. The van der Waals surface area contributed by atoms with Gasteiger partial charge in [-0.1, -0.05) is 0 Å². The Balaban J connectivity index is 0.000000321. The van der Waals surface area contributed by atoms with Crippen molar-refractivity contribution in [2.45, 2.75) is 19.4 Å². The van der Waals surface area contributed by atoms with Crippen molar-refractivity contribution in [3.05, 3.63) is 30.3 Å². The number of nitrogens with zero attached hydrogens (tertiary/aromatic N) is 4.